The molecule has 1 nitrogen and oxygen atoms in total. The average molecular weight is 2100 g/mol. The van der Waals surface area contributed by atoms with Crippen molar-refractivity contribution in [3.63, 3.8) is 0 Å². The van der Waals surface area contributed by atoms with Crippen LogP contribution in [0, 0.1) is 83.1 Å². The van der Waals surface area contributed by atoms with E-state index in [2.05, 4.69) is 518 Å². The van der Waals surface area contributed by atoms with Crippen LogP contribution in [0.2, 0.25) is 0 Å². The van der Waals surface area contributed by atoms with Crippen LogP contribution >= 0.6 is 95.6 Å². The zero-order valence-electron chi connectivity index (χ0n) is 76.0. The lowest BCUT2D eigenvalue weighted by atomic mass is 9.81. The SMILES string of the molecule is Brc1cccc(-c2ccc3c4c(cccc24)C=C3)c1.Cc1cc(C)cc(-c2c3c(c(-c4cc(C)cc(C)c4)c4cc(Br)ccc24)-c2ccc(-c4cccc(Br)c4)c4cccc-3c24)c1.Cc1cc(C)cc(-c2c3c(c(-c4cc(C)cc(C)c4)c4cc(Br)ccc24)-c2cccc4c(-c5cccc(Br)c5)ccc-3c24)c1.Cc1cc(C)cc(-c2oc(-c3cc(C)cc(C)c3)c3cc(Br)ccc23)c1. The molecule has 1 heterocycles. The van der Waals surface area contributed by atoms with Gasteiger partial charge in [-0.2, -0.15) is 0 Å². The fourth-order valence-corrected chi connectivity index (χ4v) is 24.0. The summed E-state index contributed by atoms with van der Waals surface area (Å²) < 4.78 is 13.0. The minimum atomic E-state index is 0.933. The molecular weight excluding hydrogens is 2010 g/mol. The van der Waals surface area contributed by atoms with Gasteiger partial charge in [-0.3, -0.25) is 0 Å². The predicted octanol–water partition coefficient (Wildman–Crippen LogP) is 40.3. The van der Waals surface area contributed by atoms with Crippen LogP contribution in [0.5, 0.6) is 0 Å². The van der Waals surface area contributed by atoms with Crippen molar-refractivity contribution < 1.29 is 4.42 Å². The molecule has 0 N–H and O–H groups in total. The molecule has 0 spiro atoms. The highest BCUT2D eigenvalue weighted by atomic mass is 79.9. The van der Waals surface area contributed by atoms with Gasteiger partial charge >= 0.3 is 0 Å². The molecule has 1 aromatic heterocycles. The molecule has 0 unspecified atom stereocenters. The average Bonchev–Trinajstić information content (AvgIpc) is 1.53. The van der Waals surface area contributed by atoms with Gasteiger partial charge in [0.1, 0.15) is 11.5 Å². The van der Waals surface area contributed by atoms with Crippen LogP contribution in [-0.2, 0) is 0 Å². The third kappa shape index (κ3) is 16.4. The maximum Gasteiger partial charge on any atom is 0.142 e. The Hall–Kier alpha value is -12.1. The van der Waals surface area contributed by atoms with Gasteiger partial charge in [-0.05, 0) is 374 Å². The van der Waals surface area contributed by atoms with E-state index in [0.717, 1.165) is 60.3 Å². The fourth-order valence-electron chi connectivity index (χ4n) is 21.7. The lowest BCUT2D eigenvalue weighted by molar-refractivity contribution is 0.601. The summed E-state index contributed by atoms with van der Waals surface area (Å²) in [5.74, 6) is 1.87. The lowest BCUT2D eigenvalue weighted by Gasteiger charge is -2.21. The zero-order chi connectivity index (χ0) is 91.8. The Kier molecular flexibility index (Phi) is 23.3. The summed E-state index contributed by atoms with van der Waals surface area (Å²) in [5.41, 5.74) is 48.6. The van der Waals surface area contributed by atoms with Gasteiger partial charge < -0.3 is 4.42 Å². The van der Waals surface area contributed by atoms with E-state index >= 15 is 0 Å². The molecule has 644 valence electrons. The Bertz CT molecular complexity index is 8120. The number of fused-ring (bicyclic) bond motifs is 9. The Balaban J connectivity index is 0.000000112. The summed E-state index contributed by atoms with van der Waals surface area (Å²) in [6.07, 6.45) is 4.39. The van der Waals surface area contributed by atoms with Crippen LogP contribution in [0.15, 0.2) is 359 Å². The second-order valence-electron chi connectivity index (χ2n) is 36.7. The van der Waals surface area contributed by atoms with Crippen LogP contribution in [0.25, 0.3) is 222 Å². The molecule has 0 bridgehead atoms. The molecular formula is C126H92Br6O. The summed E-state index contributed by atoms with van der Waals surface area (Å²) in [4.78, 5) is 0. The molecule has 7 heteroatoms. The van der Waals surface area contributed by atoms with Gasteiger partial charge in [-0.15, -0.1) is 0 Å². The Morgan fingerprint density at radius 1 is 0.158 bits per heavy atom. The third-order valence-electron chi connectivity index (χ3n) is 26.3. The first-order valence-corrected chi connectivity index (χ1v) is 50.0. The molecule has 0 amide bonds. The molecule has 0 radical (unpaired) electrons. The molecule has 0 atom stereocenters. The van der Waals surface area contributed by atoms with E-state index in [9.17, 15) is 0 Å². The highest BCUT2D eigenvalue weighted by molar-refractivity contribution is 9.11. The van der Waals surface area contributed by atoms with Gasteiger partial charge in [-0.25, -0.2) is 0 Å². The maximum absolute atomic E-state index is 6.49. The lowest BCUT2D eigenvalue weighted by Crippen LogP contribution is -1.95. The summed E-state index contributed by atoms with van der Waals surface area (Å²) in [5, 5.41) is 15.4. The van der Waals surface area contributed by atoms with Crippen molar-refractivity contribution in [1.82, 2.24) is 0 Å². The first-order chi connectivity index (χ1) is 64.3. The van der Waals surface area contributed by atoms with Crippen LogP contribution in [0.4, 0.5) is 0 Å². The molecule has 133 heavy (non-hydrogen) atoms. The van der Waals surface area contributed by atoms with Gasteiger partial charge in [0.05, 0.1) is 0 Å². The molecule has 3 aliphatic rings. The highest BCUT2D eigenvalue weighted by Crippen LogP contribution is 2.62. The van der Waals surface area contributed by atoms with Crippen molar-refractivity contribution in [3.8, 4) is 145 Å². The monoisotopic (exact) mass is 2090 g/mol. The van der Waals surface area contributed by atoms with Crippen LogP contribution in [-0.4, -0.2) is 0 Å². The minimum Gasteiger partial charge on any atom is -0.455 e. The van der Waals surface area contributed by atoms with Gasteiger partial charge in [0.2, 0.25) is 0 Å². The molecule has 24 rings (SSSR count). The summed E-state index contributed by atoms with van der Waals surface area (Å²) in [6.45, 7) is 26.2. The number of hydrogen-bond donors (Lipinski definition) is 0. The number of benzene rings is 20. The normalized spacial score (nSPS) is 11.8. The van der Waals surface area contributed by atoms with Crippen molar-refractivity contribution in [3.05, 3.63) is 432 Å². The molecule has 21 aromatic rings. The van der Waals surface area contributed by atoms with Gasteiger partial charge in [0.15, 0.2) is 0 Å². The van der Waals surface area contributed by atoms with E-state index in [4.69, 9.17) is 4.42 Å². The molecule has 0 aliphatic heterocycles. The Morgan fingerprint density at radius 2 is 0.414 bits per heavy atom. The van der Waals surface area contributed by atoms with E-state index in [1.807, 2.05) is 0 Å². The highest BCUT2D eigenvalue weighted by Gasteiger charge is 2.35. The van der Waals surface area contributed by atoms with Crippen molar-refractivity contribution in [2.45, 2.75) is 83.1 Å². The quantitative estimate of drug-likeness (QED) is 0.140. The minimum absolute atomic E-state index is 0.933. The number of rotatable bonds is 9. The Morgan fingerprint density at radius 3 is 0.759 bits per heavy atom. The van der Waals surface area contributed by atoms with Gasteiger partial charge in [0.25, 0.3) is 0 Å². The molecule has 0 saturated carbocycles. The fraction of sp³-hybridized carbons (Fsp3) is 0.0952. The number of aryl methyl sites for hydroxylation is 12. The van der Waals surface area contributed by atoms with E-state index in [0.29, 0.717) is 0 Å². The second kappa shape index (κ2) is 35.4. The summed E-state index contributed by atoms with van der Waals surface area (Å²) in [7, 11) is 0. The Labute approximate surface area is 829 Å². The number of furan rings is 1. The van der Waals surface area contributed by atoms with E-state index in [1.165, 1.54) is 254 Å². The van der Waals surface area contributed by atoms with E-state index < -0.39 is 0 Å². The van der Waals surface area contributed by atoms with Gasteiger partial charge in [0, 0.05) is 48.7 Å². The first-order valence-electron chi connectivity index (χ1n) is 45.2. The van der Waals surface area contributed by atoms with Crippen LogP contribution in [0.3, 0.4) is 0 Å². The zero-order valence-corrected chi connectivity index (χ0v) is 85.5. The smallest absolute Gasteiger partial charge is 0.142 e. The van der Waals surface area contributed by atoms with Crippen LogP contribution < -0.4 is 0 Å². The van der Waals surface area contributed by atoms with Crippen molar-refractivity contribution in [2.75, 3.05) is 0 Å². The van der Waals surface area contributed by atoms with Crippen LogP contribution in [0.1, 0.15) is 77.9 Å². The van der Waals surface area contributed by atoms with E-state index in [-0.39, 0.29) is 0 Å². The summed E-state index contributed by atoms with van der Waals surface area (Å²) >= 11 is 22.3. The van der Waals surface area contributed by atoms with E-state index in [1.54, 1.807) is 0 Å². The predicted molar refractivity (Wildman–Crippen MR) is 593 cm³/mol. The summed E-state index contributed by atoms with van der Waals surface area (Å²) in [6, 6.07) is 121. The third-order valence-corrected chi connectivity index (χ3v) is 29.3. The molecule has 3 aliphatic carbocycles. The maximum atomic E-state index is 6.49. The standard InChI is InChI=1S/2C42H30Br2.C24H21BrO.C18H11Br/c1-23-15-24(2)18-28(17-23)38-34-12-11-31(44)22-37(34)39(29-19-25(3)16-26(4)20-29)41-35-10-6-9-33-32(27-7-5-8-30(43)21-27)13-14-36(40(33)35)42(38)41;1-23-15-24(2)18-28(17-23)38-34-12-11-31(44)22-37(34)39(29-19-25(3)16-26(4)20-29)42-36-14-13-32(27-7-5-8-30(43)21-27)33-9-6-10-35(40(33)36)41(38)42;1-14-7-15(2)10-18(9-14)23-21-6-5-20(25)13-22(21)24(26-23)19-11-16(3)8-17(4)12-19;19-15-5-1-4-14(11-15)16-10-9-13-8-7-12-3-2-6-17(16)18(12)13/h2*5-22H,1-4H3;5-13H,1-4H3;1-11H. The topological polar surface area (TPSA) is 13.1 Å². The largest absolute Gasteiger partial charge is 0.455 e. The number of hydrogen-bond acceptors (Lipinski definition) is 1. The van der Waals surface area contributed by atoms with Gasteiger partial charge in [-0.1, -0.05) is 399 Å². The molecule has 20 aromatic carbocycles. The number of halogens is 6. The molecule has 0 fully saturated rings. The molecule has 0 saturated heterocycles. The van der Waals surface area contributed by atoms with Crippen molar-refractivity contribution in [1.29, 1.82) is 0 Å². The van der Waals surface area contributed by atoms with Crippen molar-refractivity contribution >= 4 is 172 Å². The first kappa shape index (κ1) is 87.5. The van der Waals surface area contributed by atoms with Crippen molar-refractivity contribution in [2.24, 2.45) is 0 Å². The second-order valence-corrected chi connectivity index (χ2v) is 42.2.